The zero-order chi connectivity index (χ0) is 18.6. The third kappa shape index (κ3) is 4.54. The minimum atomic E-state index is -0.0599. The van der Waals surface area contributed by atoms with Crippen molar-refractivity contribution >= 4 is 5.91 Å². The van der Waals surface area contributed by atoms with Crippen LogP contribution in [0.25, 0.3) is 0 Å². The Morgan fingerprint density at radius 2 is 1.85 bits per heavy atom. The molecule has 1 saturated heterocycles. The number of carbonyl (C=O) groups is 1. The third-order valence-corrected chi connectivity index (χ3v) is 4.83. The van der Waals surface area contributed by atoms with Crippen molar-refractivity contribution in [2.45, 2.75) is 32.2 Å². The standard InChI is InChI=1S/C21H28N2O3/c1-21(2,3)17-8-6-16(7-9-17)20(24)22-15-18(19-5-4-12-26-19)23-10-13-25-14-11-23/h4-9,12,18H,10-11,13-15H2,1-3H3,(H,22,24). The van der Waals surface area contributed by atoms with Gasteiger partial charge >= 0.3 is 0 Å². The number of amides is 1. The summed E-state index contributed by atoms with van der Waals surface area (Å²) < 4.78 is 11.0. The van der Waals surface area contributed by atoms with Crippen LogP contribution in [-0.2, 0) is 10.2 Å². The Morgan fingerprint density at radius 1 is 1.15 bits per heavy atom. The minimum Gasteiger partial charge on any atom is -0.468 e. The monoisotopic (exact) mass is 356 g/mol. The number of rotatable bonds is 5. The Hall–Kier alpha value is -2.11. The summed E-state index contributed by atoms with van der Waals surface area (Å²) in [4.78, 5) is 14.9. The van der Waals surface area contributed by atoms with Gasteiger partial charge in [-0.05, 0) is 35.2 Å². The SMILES string of the molecule is CC(C)(C)c1ccc(C(=O)NCC(c2ccco2)N2CCOCC2)cc1. The average molecular weight is 356 g/mol. The largest absolute Gasteiger partial charge is 0.468 e. The van der Waals surface area contributed by atoms with Crippen LogP contribution in [0.2, 0.25) is 0 Å². The Morgan fingerprint density at radius 3 is 2.42 bits per heavy atom. The molecular weight excluding hydrogens is 328 g/mol. The number of benzene rings is 1. The van der Waals surface area contributed by atoms with Gasteiger partial charge in [-0.15, -0.1) is 0 Å². The number of ether oxygens (including phenoxy) is 1. The van der Waals surface area contributed by atoms with Crippen molar-refractivity contribution in [3.05, 3.63) is 59.5 Å². The molecule has 140 valence electrons. The molecule has 1 aromatic heterocycles. The fraction of sp³-hybridized carbons (Fsp3) is 0.476. The van der Waals surface area contributed by atoms with Crippen LogP contribution in [0.5, 0.6) is 0 Å². The molecule has 3 rings (SSSR count). The maximum absolute atomic E-state index is 12.6. The lowest BCUT2D eigenvalue weighted by atomic mass is 9.87. The van der Waals surface area contributed by atoms with Crippen LogP contribution in [0.1, 0.15) is 48.5 Å². The number of nitrogens with one attached hydrogen (secondary N) is 1. The summed E-state index contributed by atoms with van der Waals surface area (Å²) in [5, 5.41) is 3.06. The van der Waals surface area contributed by atoms with Gasteiger partial charge in [-0.3, -0.25) is 9.69 Å². The van der Waals surface area contributed by atoms with Crippen LogP contribution < -0.4 is 5.32 Å². The molecule has 26 heavy (non-hydrogen) atoms. The highest BCUT2D eigenvalue weighted by Gasteiger charge is 2.25. The molecule has 2 heterocycles. The molecule has 1 aliphatic heterocycles. The molecule has 2 aromatic rings. The summed E-state index contributed by atoms with van der Waals surface area (Å²) in [5.74, 6) is 0.811. The summed E-state index contributed by atoms with van der Waals surface area (Å²) in [6, 6.07) is 11.7. The van der Waals surface area contributed by atoms with E-state index in [0.29, 0.717) is 25.3 Å². The van der Waals surface area contributed by atoms with E-state index >= 15 is 0 Å². The number of nitrogens with zero attached hydrogens (tertiary/aromatic N) is 1. The number of hydrogen-bond acceptors (Lipinski definition) is 4. The van der Waals surface area contributed by atoms with Crippen molar-refractivity contribution in [1.29, 1.82) is 0 Å². The topological polar surface area (TPSA) is 54.7 Å². The molecule has 0 saturated carbocycles. The molecule has 1 amide bonds. The van der Waals surface area contributed by atoms with Crippen molar-refractivity contribution in [3.63, 3.8) is 0 Å². The molecule has 0 spiro atoms. The fourth-order valence-corrected chi connectivity index (χ4v) is 3.19. The lowest BCUT2D eigenvalue weighted by Gasteiger charge is -2.33. The maximum Gasteiger partial charge on any atom is 0.251 e. The molecule has 5 heteroatoms. The van der Waals surface area contributed by atoms with Gasteiger partial charge < -0.3 is 14.5 Å². The molecule has 1 unspecified atom stereocenters. The van der Waals surface area contributed by atoms with E-state index in [0.717, 1.165) is 18.8 Å². The molecular formula is C21H28N2O3. The van der Waals surface area contributed by atoms with Gasteiger partial charge in [0.05, 0.1) is 25.5 Å². The van der Waals surface area contributed by atoms with E-state index in [2.05, 4.69) is 31.0 Å². The summed E-state index contributed by atoms with van der Waals surface area (Å²) in [7, 11) is 0. The summed E-state index contributed by atoms with van der Waals surface area (Å²) >= 11 is 0. The van der Waals surface area contributed by atoms with Crippen molar-refractivity contribution in [1.82, 2.24) is 10.2 Å². The van der Waals surface area contributed by atoms with Gasteiger partial charge in [-0.1, -0.05) is 32.9 Å². The highest BCUT2D eigenvalue weighted by atomic mass is 16.5. The maximum atomic E-state index is 12.6. The molecule has 0 bridgehead atoms. The number of morpholine rings is 1. The summed E-state index contributed by atoms with van der Waals surface area (Å²) in [6.45, 7) is 10.1. The first-order valence-corrected chi connectivity index (χ1v) is 9.19. The first kappa shape index (κ1) is 18.7. The average Bonchev–Trinajstić information content (AvgIpc) is 3.16. The van der Waals surface area contributed by atoms with Crippen LogP contribution in [0.4, 0.5) is 0 Å². The molecule has 1 aromatic carbocycles. The Kier molecular flexibility index (Phi) is 5.79. The zero-order valence-electron chi connectivity index (χ0n) is 15.8. The molecule has 5 nitrogen and oxygen atoms in total. The van der Waals surface area contributed by atoms with Gasteiger partial charge in [0.1, 0.15) is 5.76 Å². The van der Waals surface area contributed by atoms with E-state index in [1.165, 1.54) is 5.56 Å². The van der Waals surface area contributed by atoms with Gasteiger partial charge in [-0.25, -0.2) is 0 Å². The summed E-state index contributed by atoms with van der Waals surface area (Å²) in [5.41, 5.74) is 1.98. The molecule has 0 aliphatic carbocycles. The highest BCUT2D eigenvalue weighted by Crippen LogP contribution is 2.23. The van der Waals surface area contributed by atoms with E-state index in [-0.39, 0.29) is 17.4 Å². The second kappa shape index (κ2) is 8.06. The quantitative estimate of drug-likeness (QED) is 0.892. The van der Waals surface area contributed by atoms with Crippen LogP contribution in [0.3, 0.4) is 0 Å². The lowest BCUT2D eigenvalue weighted by Crippen LogP contribution is -2.43. The van der Waals surface area contributed by atoms with Gasteiger partial charge in [0.2, 0.25) is 0 Å². The number of carbonyl (C=O) groups excluding carboxylic acids is 1. The molecule has 0 radical (unpaired) electrons. The van der Waals surface area contributed by atoms with Gasteiger partial charge in [0.15, 0.2) is 0 Å². The predicted octanol–water partition coefficient (Wildman–Crippen LogP) is 3.38. The van der Waals surface area contributed by atoms with Crippen LogP contribution in [0, 0.1) is 0 Å². The Balaban J connectivity index is 1.65. The van der Waals surface area contributed by atoms with Crippen molar-refractivity contribution in [2.24, 2.45) is 0 Å². The first-order chi connectivity index (χ1) is 12.4. The van der Waals surface area contributed by atoms with Gasteiger partial charge in [-0.2, -0.15) is 0 Å². The molecule has 1 fully saturated rings. The Bertz CT molecular complexity index is 696. The van der Waals surface area contributed by atoms with E-state index in [1.54, 1.807) is 6.26 Å². The smallest absolute Gasteiger partial charge is 0.251 e. The van der Waals surface area contributed by atoms with Crippen LogP contribution in [0.15, 0.2) is 47.1 Å². The van der Waals surface area contributed by atoms with Gasteiger partial charge in [0, 0.05) is 25.2 Å². The zero-order valence-corrected chi connectivity index (χ0v) is 15.8. The fourth-order valence-electron chi connectivity index (χ4n) is 3.19. The van der Waals surface area contributed by atoms with E-state index in [9.17, 15) is 4.79 Å². The molecule has 1 aliphatic rings. The molecule has 1 atom stereocenters. The number of hydrogen-bond donors (Lipinski definition) is 1. The first-order valence-electron chi connectivity index (χ1n) is 9.19. The number of furan rings is 1. The van der Waals surface area contributed by atoms with Crippen molar-refractivity contribution < 1.29 is 13.9 Å². The van der Waals surface area contributed by atoms with E-state index < -0.39 is 0 Å². The molecule has 1 N–H and O–H groups in total. The van der Waals surface area contributed by atoms with E-state index in [4.69, 9.17) is 9.15 Å². The highest BCUT2D eigenvalue weighted by molar-refractivity contribution is 5.94. The van der Waals surface area contributed by atoms with Crippen LogP contribution in [-0.4, -0.2) is 43.7 Å². The lowest BCUT2D eigenvalue weighted by molar-refractivity contribution is 0.0118. The second-order valence-electron chi connectivity index (χ2n) is 7.72. The van der Waals surface area contributed by atoms with Crippen molar-refractivity contribution in [3.8, 4) is 0 Å². The van der Waals surface area contributed by atoms with Crippen LogP contribution >= 0.6 is 0 Å². The Labute approximate surface area is 155 Å². The van der Waals surface area contributed by atoms with E-state index in [1.807, 2.05) is 36.4 Å². The second-order valence-corrected chi connectivity index (χ2v) is 7.72. The minimum absolute atomic E-state index is 0.0201. The predicted molar refractivity (Wildman–Crippen MR) is 101 cm³/mol. The van der Waals surface area contributed by atoms with Gasteiger partial charge in [0.25, 0.3) is 5.91 Å². The third-order valence-electron chi connectivity index (χ3n) is 4.83. The normalized spacial score (nSPS) is 17.0. The summed E-state index contributed by atoms with van der Waals surface area (Å²) in [6.07, 6.45) is 1.68. The van der Waals surface area contributed by atoms with Crippen molar-refractivity contribution in [2.75, 3.05) is 32.8 Å².